The van der Waals surface area contributed by atoms with Gasteiger partial charge in [0.1, 0.15) is 0 Å². The molecule has 4 N–H and O–H groups in total. The predicted molar refractivity (Wildman–Crippen MR) is 65.2 cm³/mol. The van der Waals surface area contributed by atoms with Gasteiger partial charge < -0.3 is 20.8 Å². The summed E-state index contributed by atoms with van der Waals surface area (Å²) >= 11 is 0. The molecule has 0 unspecified atom stereocenters. The Labute approximate surface area is 105 Å². The highest BCUT2D eigenvalue weighted by Gasteiger charge is 2.13. The van der Waals surface area contributed by atoms with Gasteiger partial charge in [-0.2, -0.15) is 0 Å². The van der Waals surface area contributed by atoms with Crippen LogP contribution in [0.5, 0.6) is 0 Å². The lowest BCUT2D eigenvalue weighted by atomic mass is 10.1. The Kier molecular flexibility index (Phi) is 5.66. The number of nitrogens with one attached hydrogen (secondary N) is 2. The van der Waals surface area contributed by atoms with Crippen LogP contribution >= 0.6 is 0 Å². The van der Waals surface area contributed by atoms with Crippen molar-refractivity contribution in [3.05, 3.63) is 35.9 Å². The van der Waals surface area contributed by atoms with Crippen LogP contribution in [0.1, 0.15) is 5.56 Å². The maximum atomic E-state index is 11.2. The van der Waals surface area contributed by atoms with Crippen molar-refractivity contribution in [1.29, 1.82) is 0 Å². The van der Waals surface area contributed by atoms with E-state index in [9.17, 15) is 9.59 Å². The van der Waals surface area contributed by atoms with Gasteiger partial charge in [0.25, 0.3) is 0 Å². The number of carbonyl (C=O) groups is 2. The molecule has 1 atom stereocenters. The van der Waals surface area contributed by atoms with Crippen molar-refractivity contribution in [1.82, 2.24) is 10.6 Å². The molecular weight excluding hydrogens is 236 g/mol. The summed E-state index contributed by atoms with van der Waals surface area (Å²) in [5.41, 5.74) is 1.10. The standard InChI is InChI=1S/C12H16N2O4/c15-10(11(16)17)8-14-12(18)13-7-6-9-4-2-1-3-5-9/h1-5,10,15H,6-8H2,(H,16,17)(H2,13,14,18)/t10-/m0/s1. The van der Waals surface area contributed by atoms with E-state index in [2.05, 4.69) is 10.6 Å². The van der Waals surface area contributed by atoms with Gasteiger partial charge in [0, 0.05) is 6.54 Å². The molecule has 0 heterocycles. The van der Waals surface area contributed by atoms with Crippen LogP contribution in [0.25, 0.3) is 0 Å². The largest absolute Gasteiger partial charge is 0.479 e. The molecule has 1 rings (SSSR count). The molecule has 0 aliphatic rings. The number of aliphatic hydroxyl groups is 1. The zero-order valence-corrected chi connectivity index (χ0v) is 9.80. The summed E-state index contributed by atoms with van der Waals surface area (Å²) in [4.78, 5) is 21.5. The Morgan fingerprint density at radius 2 is 1.83 bits per heavy atom. The molecule has 0 aliphatic carbocycles. The van der Waals surface area contributed by atoms with E-state index in [-0.39, 0.29) is 6.54 Å². The molecule has 1 aromatic rings. The first-order chi connectivity index (χ1) is 8.59. The Balaban J connectivity index is 2.16. The summed E-state index contributed by atoms with van der Waals surface area (Å²) in [6.45, 7) is 0.130. The Morgan fingerprint density at radius 1 is 1.17 bits per heavy atom. The third-order valence-corrected chi connectivity index (χ3v) is 2.28. The van der Waals surface area contributed by atoms with E-state index in [4.69, 9.17) is 10.2 Å². The fourth-order valence-electron chi connectivity index (χ4n) is 1.30. The van der Waals surface area contributed by atoms with Gasteiger partial charge in [0.15, 0.2) is 6.10 Å². The summed E-state index contributed by atoms with van der Waals surface area (Å²) in [5.74, 6) is -1.36. The van der Waals surface area contributed by atoms with Gasteiger partial charge in [-0.3, -0.25) is 0 Å². The summed E-state index contributed by atoms with van der Waals surface area (Å²) < 4.78 is 0. The van der Waals surface area contributed by atoms with Crippen LogP contribution in [0.2, 0.25) is 0 Å². The third kappa shape index (κ3) is 5.31. The minimum atomic E-state index is -1.58. The molecule has 2 amide bonds. The number of rotatable bonds is 6. The highest BCUT2D eigenvalue weighted by Crippen LogP contribution is 1.97. The molecule has 0 aliphatic heterocycles. The number of aliphatic hydroxyl groups excluding tert-OH is 1. The second-order valence-electron chi connectivity index (χ2n) is 3.73. The van der Waals surface area contributed by atoms with Gasteiger partial charge in [-0.05, 0) is 12.0 Å². The van der Waals surface area contributed by atoms with Gasteiger partial charge >= 0.3 is 12.0 Å². The van der Waals surface area contributed by atoms with Crippen molar-refractivity contribution in [3.8, 4) is 0 Å². The number of carboxylic acid groups (broad SMARTS) is 1. The maximum Gasteiger partial charge on any atom is 0.334 e. The van der Waals surface area contributed by atoms with Crippen molar-refractivity contribution >= 4 is 12.0 Å². The zero-order valence-electron chi connectivity index (χ0n) is 9.80. The Bertz CT molecular complexity index is 394. The maximum absolute atomic E-state index is 11.2. The summed E-state index contributed by atoms with van der Waals surface area (Å²) in [6.07, 6.45) is -0.889. The number of urea groups is 1. The summed E-state index contributed by atoms with van der Waals surface area (Å²) in [5, 5.41) is 22.2. The average Bonchev–Trinajstić information content (AvgIpc) is 2.37. The fraction of sp³-hybridized carbons (Fsp3) is 0.333. The molecule has 0 saturated heterocycles. The number of carbonyl (C=O) groups excluding carboxylic acids is 1. The lowest BCUT2D eigenvalue weighted by Crippen LogP contribution is -2.42. The molecule has 0 bridgehead atoms. The summed E-state index contributed by atoms with van der Waals surface area (Å²) in [7, 11) is 0. The topological polar surface area (TPSA) is 98.7 Å². The normalized spacial score (nSPS) is 11.6. The average molecular weight is 252 g/mol. The van der Waals surface area contributed by atoms with Gasteiger partial charge in [0.2, 0.25) is 0 Å². The molecule has 6 nitrogen and oxygen atoms in total. The number of carboxylic acids is 1. The number of aliphatic carboxylic acids is 1. The van der Waals surface area contributed by atoms with Gasteiger partial charge in [-0.1, -0.05) is 30.3 Å². The number of hydrogen-bond donors (Lipinski definition) is 4. The number of amides is 2. The predicted octanol–water partition coefficient (Wildman–Crippen LogP) is -0.0262. The van der Waals surface area contributed by atoms with E-state index >= 15 is 0 Å². The highest BCUT2D eigenvalue weighted by atomic mass is 16.4. The minimum Gasteiger partial charge on any atom is -0.479 e. The Hall–Kier alpha value is -2.08. The summed E-state index contributed by atoms with van der Waals surface area (Å²) in [6, 6.07) is 9.15. The highest BCUT2D eigenvalue weighted by molar-refractivity contribution is 5.76. The van der Waals surface area contributed by atoms with Gasteiger partial charge in [-0.25, -0.2) is 9.59 Å². The van der Waals surface area contributed by atoms with Gasteiger partial charge in [-0.15, -0.1) is 0 Å². The molecule has 6 heteroatoms. The van der Waals surface area contributed by atoms with Crippen LogP contribution < -0.4 is 10.6 Å². The second kappa shape index (κ2) is 7.29. The lowest BCUT2D eigenvalue weighted by molar-refractivity contribution is -0.146. The van der Waals surface area contributed by atoms with E-state index in [1.54, 1.807) is 0 Å². The van der Waals surface area contributed by atoms with Crippen molar-refractivity contribution in [2.24, 2.45) is 0 Å². The van der Waals surface area contributed by atoms with Crippen LogP contribution in [0, 0.1) is 0 Å². The van der Waals surface area contributed by atoms with Crippen molar-refractivity contribution in [2.45, 2.75) is 12.5 Å². The quantitative estimate of drug-likeness (QED) is 0.571. The van der Waals surface area contributed by atoms with E-state index in [0.29, 0.717) is 13.0 Å². The SMILES string of the molecule is O=C(NCCc1ccccc1)NC[C@H](O)C(=O)O. The minimum absolute atomic E-state index is 0.313. The Morgan fingerprint density at radius 3 is 2.44 bits per heavy atom. The molecule has 0 aromatic heterocycles. The smallest absolute Gasteiger partial charge is 0.334 e. The van der Waals surface area contributed by atoms with E-state index < -0.39 is 18.1 Å². The van der Waals surface area contributed by atoms with Crippen LogP contribution in [0.3, 0.4) is 0 Å². The van der Waals surface area contributed by atoms with Crippen LogP contribution in [-0.4, -0.2) is 41.4 Å². The molecule has 1 aromatic carbocycles. The molecule has 0 spiro atoms. The third-order valence-electron chi connectivity index (χ3n) is 2.28. The fourth-order valence-corrected chi connectivity index (χ4v) is 1.30. The van der Waals surface area contributed by atoms with Gasteiger partial charge in [0.05, 0.1) is 6.54 Å². The molecule has 98 valence electrons. The molecular formula is C12H16N2O4. The molecule has 0 fully saturated rings. The monoisotopic (exact) mass is 252 g/mol. The first-order valence-corrected chi connectivity index (χ1v) is 5.56. The lowest BCUT2D eigenvalue weighted by Gasteiger charge is -2.09. The van der Waals surface area contributed by atoms with Crippen LogP contribution in [0.4, 0.5) is 4.79 Å². The van der Waals surface area contributed by atoms with E-state index in [1.807, 2.05) is 30.3 Å². The second-order valence-corrected chi connectivity index (χ2v) is 3.73. The van der Waals surface area contributed by atoms with Crippen molar-refractivity contribution < 1.29 is 19.8 Å². The van der Waals surface area contributed by atoms with E-state index in [0.717, 1.165) is 5.56 Å². The first kappa shape index (κ1) is 14.0. The van der Waals surface area contributed by atoms with Crippen LogP contribution in [-0.2, 0) is 11.2 Å². The number of hydrogen-bond acceptors (Lipinski definition) is 3. The van der Waals surface area contributed by atoms with Crippen molar-refractivity contribution in [3.63, 3.8) is 0 Å². The molecule has 0 radical (unpaired) electrons. The number of benzene rings is 1. The molecule has 0 saturated carbocycles. The molecule has 18 heavy (non-hydrogen) atoms. The van der Waals surface area contributed by atoms with E-state index in [1.165, 1.54) is 0 Å². The zero-order chi connectivity index (χ0) is 13.4. The van der Waals surface area contributed by atoms with Crippen molar-refractivity contribution in [2.75, 3.05) is 13.1 Å². The first-order valence-electron chi connectivity index (χ1n) is 5.56. The van der Waals surface area contributed by atoms with Crippen LogP contribution in [0.15, 0.2) is 30.3 Å².